The van der Waals surface area contributed by atoms with Gasteiger partial charge >= 0.3 is 5.97 Å². The molecule has 0 spiro atoms. The van der Waals surface area contributed by atoms with E-state index in [1.807, 2.05) is 16.7 Å². The van der Waals surface area contributed by atoms with Crippen LogP contribution >= 0.6 is 11.8 Å². The van der Waals surface area contributed by atoms with Gasteiger partial charge in [0.05, 0.1) is 6.42 Å². The van der Waals surface area contributed by atoms with Crippen molar-refractivity contribution >= 4 is 23.6 Å². The lowest BCUT2D eigenvalue weighted by molar-refractivity contribution is -0.142. The zero-order valence-electron chi connectivity index (χ0n) is 13.2. The van der Waals surface area contributed by atoms with Gasteiger partial charge in [-0.15, -0.1) is 0 Å². The van der Waals surface area contributed by atoms with Gasteiger partial charge in [0.2, 0.25) is 5.91 Å². The van der Waals surface area contributed by atoms with Gasteiger partial charge in [-0.05, 0) is 32.1 Å². The normalized spacial score (nSPS) is 24.6. The standard InChI is InChI=1S/C16H27NO3S/c1-15(2)12-17(8-9-21-15)13(18)10-16(11-14(19)20)6-4-3-5-7-16/h3-12H2,1-2H3,(H,19,20). The number of carbonyl (C=O) groups is 2. The number of carbonyl (C=O) groups excluding carboxylic acids is 1. The fourth-order valence-electron chi connectivity index (χ4n) is 3.70. The zero-order chi connectivity index (χ0) is 15.5. The van der Waals surface area contributed by atoms with E-state index in [9.17, 15) is 14.7 Å². The minimum absolute atomic E-state index is 0.112. The zero-order valence-corrected chi connectivity index (χ0v) is 14.0. The van der Waals surface area contributed by atoms with E-state index in [2.05, 4.69) is 13.8 Å². The number of aliphatic carboxylic acids is 1. The van der Waals surface area contributed by atoms with Crippen molar-refractivity contribution in [2.24, 2.45) is 5.41 Å². The number of hydrogen-bond acceptors (Lipinski definition) is 3. The summed E-state index contributed by atoms with van der Waals surface area (Å²) < 4.78 is 0.112. The van der Waals surface area contributed by atoms with Gasteiger partial charge in [0.25, 0.3) is 0 Å². The molecule has 2 rings (SSSR count). The molecular weight excluding hydrogens is 286 g/mol. The Morgan fingerprint density at radius 2 is 1.81 bits per heavy atom. The lowest BCUT2D eigenvalue weighted by Gasteiger charge is -2.41. The summed E-state index contributed by atoms with van der Waals surface area (Å²) in [5.74, 6) is 0.371. The smallest absolute Gasteiger partial charge is 0.303 e. The summed E-state index contributed by atoms with van der Waals surface area (Å²) in [6.45, 7) is 5.92. The van der Waals surface area contributed by atoms with Gasteiger partial charge in [0, 0.05) is 30.0 Å². The second kappa shape index (κ2) is 6.59. The van der Waals surface area contributed by atoms with Crippen LogP contribution in [0.3, 0.4) is 0 Å². The Morgan fingerprint density at radius 3 is 2.38 bits per heavy atom. The molecule has 0 radical (unpaired) electrons. The summed E-state index contributed by atoms with van der Waals surface area (Å²) >= 11 is 1.91. The van der Waals surface area contributed by atoms with Crippen LogP contribution in [0.1, 0.15) is 58.8 Å². The van der Waals surface area contributed by atoms with Gasteiger partial charge in [0.1, 0.15) is 0 Å². The lowest BCUT2D eigenvalue weighted by Crippen LogP contribution is -2.47. The predicted molar refractivity (Wildman–Crippen MR) is 85.5 cm³/mol. The second-order valence-electron chi connectivity index (χ2n) is 7.23. The van der Waals surface area contributed by atoms with Crippen molar-refractivity contribution in [1.29, 1.82) is 0 Å². The van der Waals surface area contributed by atoms with Crippen LogP contribution < -0.4 is 0 Å². The molecule has 0 bridgehead atoms. The van der Waals surface area contributed by atoms with Crippen LogP contribution in [0.2, 0.25) is 0 Å². The van der Waals surface area contributed by atoms with Crippen LogP contribution in [-0.4, -0.2) is 45.5 Å². The Bertz CT molecular complexity index is 402. The molecule has 5 heteroatoms. The highest BCUT2D eigenvalue weighted by molar-refractivity contribution is 8.00. The van der Waals surface area contributed by atoms with Gasteiger partial charge in [-0.25, -0.2) is 0 Å². The van der Waals surface area contributed by atoms with E-state index in [1.54, 1.807) is 0 Å². The van der Waals surface area contributed by atoms with Crippen molar-refractivity contribution in [3.63, 3.8) is 0 Å². The second-order valence-corrected chi connectivity index (χ2v) is 9.03. The van der Waals surface area contributed by atoms with Crippen LogP contribution in [-0.2, 0) is 9.59 Å². The maximum atomic E-state index is 12.7. The highest BCUT2D eigenvalue weighted by Gasteiger charge is 2.39. The van der Waals surface area contributed by atoms with Crippen LogP contribution in [0.15, 0.2) is 0 Å². The number of rotatable bonds is 4. The number of carboxylic acids is 1. The summed E-state index contributed by atoms with van der Waals surface area (Å²) in [5.41, 5.74) is -0.296. The quantitative estimate of drug-likeness (QED) is 0.866. The van der Waals surface area contributed by atoms with E-state index in [0.29, 0.717) is 6.42 Å². The number of amides is 1. The molecule has 1 heterocycles. The van der Waals surface area contributed by atoms with Gasteiger partial charge in [-0.3, -0.25) is 9.59 Å². The van der Waals surface area contributed by atoms with E-state index in [0.717, 1.165) is 44.5 Å². The number of hydrogen-bond donors (Lipinski definition) is 1. The highest BCUT2D eigenvalue weighted by Crippen LogP contribution is 2.43. The molecule has 120 valence electrons. The molecule has 1 saturated carbocycles. The van der Waals surface area contributed by atoms with Gasteiger partial charge in [-0.2, -0.15) is 11.8 Å². The van der Waals surface area contributed by atoms with E-state index >= 15 is 0 Å². The van der Waals surface area contributed by atoms with Crippen molar-refractivity contribution in [3.8, 4) is 0 Å². The van der Waals surface area contributed by atoms with E-state index in [1.165, 1.54) is 6.42 Å². The van der Waals surface area contributed by atoms with E-state index in [4.69, 9.17) is 0 Å². The Kier molecular flexibility index (Phi) is 5.23. The molecule has 0 aromatic carbocycles. The average molecular weight is 313 g/mol. The van der Waals surface area contributed by atoms with Crippen LogP contribution in [0, 0.1) is 5.41 Å². The van der Waals surface area contributed by atoms with Crippen molar-refractivity contribution < 1.29 is 14.7 Å². The minimum atomic E-state index is -0.765. The Hall–Kier alpha value is -0.710. The monoisotopic (exact) mass is 313 g/mol. The molecule has 2 aliphatic rings. The molecule has 21 heavy (non-hydrogen) atoms. The maximum absolute atomic E-state index is 12.7. The molecular formula is C16H27NO3S. The van der Waals surface area contributed by atoms with Crippen molar-refractivity contribution in [2.75, 3.05) is 18.8 Å². The summed E-state index contributed by atoms with van der Waals surface area (Å²) in [5, 5.41) is 9.21. The lowest BCUT2D eigenvalue weighted by atomic mass is 9.69. The van der Waals surface area contributed by atoms with E-state index in [-0.39, 0.29) is 22.5 Å². The molecule has 1 N–H and O–H groups in total. The Morgan fingerprint density at radius 1 is 1.14 bits per heavy atom. The number of carboxylic acid groups (broad SMARTS) is 1. The first-order valence-electron chi connectivity index (χ1n) is 7.96. The van der Waals surface area contributed by atoms with Crippen LogP contribution in [0.25, 0.3) is 0 Å². The maximum Gasteiger partial charge on any atom is 0.303 e. The van der Waals surface area contributed by atoms with Crippen molar-refractivity contribution in [3.05, 3.63) is 0 Å². The third-order valence-electron chi connectivity index (χ3n) is 4.75. The minimum Gasteiger partial charge on any atom is -0.481 e. The molecule has 1 aliphatic heterocycles. The molecule has 0 unspecified atom stereocenters. The van der Waals surface area contributed by atoms with Crippen molar-refractivity contribution in [1.82, 2.24) is 4.90 Å². The topological polar surface area (TPSA) is 57.6 Å². The molecule has 1 saturated heterocycles. The molecule has 1 amide bonds. The Labute approximate surface area is 131 Å². The largest absolute Gasteiger partial charge is 0.481 e. The Balaban J connectivity index is 2.02. The number of nitrogens with zero attached hydrogens (tertiary/aromatic N) is 1. The molecule has 0 atom stereocenters. The van der Waals surface area contributed by atoms with E-state index < -0.39 is 5.97 Å². The van der Waals surface area contributed by atoms with Gasteiger partial charge in [-0.1, -0.05) is 19.3 Å². The summed E-state index contributed by atoms with van der Waals surface area (Å²) in [6.07, 6.45) is 5.62. The van der Waals surface area contributed by atoms with Gasteiger partial charge < -0.3 is 10.0 Å². The molecule has 1 aliphatic carbocycles. The first kappa shape index (κ1) is 16.7. The highest BCUT2D eigenvalue weighted by atomic mass is 32.2. The molecule has 0 aromatic heterocycles. The van der Waals surface area contributed by atoms with Crippen LogP contribution in [0.4, 0.5) is 0 Å². The molecule has 2 fully saturated rings. The molecule has 0 aromatic rings. The third-order valence-corrected chi connectivity index (χ3v) is 6.04. The van der Waals surface area contributed by atoms with Crippen molar-refractivity contribution in [2.45, 2.75) is 63.5 Å². The fourth-order valence-corrected chi connectivity index (χ4v) is 4.81. The van der Waals surface area contributed by atoms with Crippen LogP contribution in [0.5, 0.6) is 0 Å². The summed E-state index contributed by atoms with van der Waals surface area (Å²) in [4.78, 5) is 25.8. The fraction of sp³-hybridized carbons (Fsp3) is 0.875. The number of thioether (sulfide) groups is 1. The first-order valence-corrected chi connectivity index (χ1v) is 8.94. The predicted octanol–water partition coefficient (Wildman–Crippen LogP) is 3.16. The first-order chi connectivity index (χ1) is 9.82. The summed E-state index contributed by atoms with van der Waals surface area (Å²) in [7, 11) is 0. The summed E-state index contributed by atoms with van der Waals surface area (Å²) in [6, 6.07) is 0. The van der Waals surface area contributed by atoms with Gasteiger partial charge in [0.15, 0.2) is 0 Å². The average Bonchev–Trinajstić information content (AvgIpc) is 2.37. The SMILES string of the molecule is CC1(C)CN(C(=O)CC2(CC(=O)O)CCCCC2)CCS1. The third kappa shape index (κ3) is 4.63. The molecule has 4 nitrogen and oxygen atoms in total.